The van der Waals surface area contributed by atoms with E-state index in [1.54, 1.807) is 72.8 Å². The molecule has 1 aliphatic rings. The van der Waals surface area contributed by atoms with E-state index in [0.29, 0.717) is 28.4 Å². The molecule has 1 atom stereocenters. The van der Waals surface area contributed by atoms with Gasteiger partial charge in [0.15, 0.2) is 0 Å². The standard InChI is InChI=1S/C22H19ClN2O3S/c1-15-12-17-13-16(22(26)24-19-7-5-6-18(23)14-19)10-11-21(17)25(15)29(27,28)20-8-3-2-4-9-20/h2-11,13-15H,12H2,1H3,(H,24,26)/t15-/m1/s1. The van der Waals surface area contributed by atoms with Crippen LogP contribution < -0.4 is 9.62 Å². The summed E-state index contributed by atoms with van der Waals surface area (Å²) in [5, 5.41) is 3.35. The monoisotopic (exact) mass is 426 g/mol. The van der Waals surface area contributed by atoms with Crippen LogP contribution in [-0.4, -0.2) is 20.4 Å². The molecule has 5 nitrogen and oxygen atoms in total. The zero-order valence-corrected chi connectivity index (χ0v) is 17.2. The van der Waals surface area contributed by atoms with Crippen molar-refractivity contribution in [3.05, 3.63) is 88.9 Å². The molecule has 0 bridgehead atoms. The molecule has 3 aromatic carbocycles. The van der Waals surface area contributed by atoms with Crippen molar-refractivity contribution >= 4 is 38.9 Å². The molecule has 0 aromatic heterocycles. The topological polar surface area (TPSA) is 66.5 Å². The average molecular weight is 427 g/mol. The molecule has 0 saturated heterocycles. The van der Waals surface area contributed by atoms with Crippen LogP contribution in [0.1, 0.15) is 22.8 Å². The second-order valence-corrected chi connectivity index (χ2v) is 9.23. The lowest BCUT2D eigenvalue weighted by Crippen LogP contribution is -2.35. The second kappa shape index (κ2) is 7.54. The van der Waals surface area contributed by atoms with Crippen LogP contribution in [0.5, 0.6) is 0 Å². The van der Waals surface area contributed by atoms with E-state index in [1.165, 1.54) is 4.31 Å². The molecule has 29 heavy (non-hydrogen) atoms. The number of halogens is 1. The van der Waals surface area contributed by atoms with Gasteiger partial charge >= 0.3 is 0 Å². The van der Waals surface area contributed by atoms with Crippen molar-refractivity contribution < 1.29 is 13.2 Å². The van der Waals surface area contributed by atoms with Crippen molar-refractivity contribution in [3.63, 3.8) is 0 Å². The maximum atomic E-state index is 13.1. The molecule has 1 N–H and O–H groups in total. The fourth-order valence-corrected chi connectivity index (χ4v) is 5.49. The van der Waals surface area contributed by atoms with Gasteiger partial charge in [0.25, 0.3) is 15.9 Å². The summed E-state index contributed by atoms with van der Waals surface area (Å²) in [4.78, 5) is 12.9. The molecule has 0 fully saturated rings. The number of carbonyl (C=O) groups excluding carboxylic acids is 1. The number of hydrogen-bond donors (Lipinski definition) is 1. The fourth-order valence-electron chi connectivity index (χ4n) is 3.59. The van der Waals surface area contributed by atoms with E-state index in [4.69, 9.17) is 11.6 Å². The summed E-state index contributed by atoms with van der Waals surface area (Å²) in [5.41, 5.74) is 2.51. The highest BCUT2D eigenvalue weighted by atomic mass is 35.5. The Kier molecular flexibility index (Phi) is 5.06. The third-order valence-corrected chi connectivity index (χ3v) is 7.05. The van der Waals surface area contributed by atoms with Gasteiger partial charge in [0.2, 0.25) is 0 Å². The van der Waals surface area contributed by atoms with Crippen LogP contribution in [0.4, 0.5) is 11.4 Å². The molecule has 0 unspecified atom stereocenters. The molecular weight excluding hydrogens is 408 g/mol. The van der Waals surface area contributed by atoms with Gasteiger partial charge < -0.3 is 5.32 Å². The zero-order valence-electron chi connectivity index (χ0n) is 15.7. The minimum atomic E-state index is -3.67. The number of nitrogens with one attached hydrogen (secondary N) is 1. The summed E-state index contributed by atoms with van der Waals surface area (Å²) in [6.07, 6.45) is 0.541. The molecule has 0 radical (unpaired) electrons. The number of hydrogen-bond acceptors (Lipinski definition) is 3. The maximum absolute atomic E-state index is 13.1. The van der Waals surface area contributed by atoms with Gasteiger partial charge in [0.1, 0.15) is 0 Å². The SMILES string of the molecule is C[C@@H]1Cc2cc(C(=O)Nc3cccc(Cl)c3)ccc2N1S(=O)(=O)c1ccccc1. The highest BCUT2D eigenvalue weighted by Gasteiger charge is 2.36. The van der Waals surface area contributed by atoms with Gasteiger partial charge in [-0.25, -0.2) is 8.42 Å². The van der Waals surface area contributed by atoms with Crippen LogP contribution in [0.25, 0.3) is 0 Å². The summed E-state index contributed by atoms with van der Waals surface area (Å²) < 4.78 is 27.7. The normalized spacial score (nSPS) is 15.8. The summed E-state index contributed by atoms with van der Waals surface area (Å²) >= 11 is 5.96. The molecule has 1 heterocycles. The van der Waals surface area contributed by atoms with Gasteiger partial charge in [-0.05, 0) is 67.4 Å². The Bertz CT molecular complexity index is 1180. The lowest BCUT2D eigenvalue weighted by Gasteiger charge is -2.24. The predicted molar refractivity (Wildman–Crippen MR) is 115 cm³/mol. The van der Waals surface area contributed by atoms with E-state index in [-0.39, 0.29) is 16.8 Å². The molecule has 1 amide bonds. The lowest BCUT2D eigenvalue weighted by molar-refractivity contribution is 0.102. The molecular formula is C22H19ClN2O3S. The summed E-state index contributed by atoms with van der Waals surface area (Å²) in [5.74, 6) is -0.271. The lowest BCUT2D eigenvalue weighted by atomic mass is 10.1. The van der Waals surface area contributed by atoms with Crippen LogP contribution >= 0.6 is 11.6 Å². The third-order valence-electron chi connectivity index (χ3n) is 4.88. The number of amides is 1. The Morgan fingerprint density at radius 1 is 1.03 bits per heavy atom. The minimum absolute atomic E-state index is 0.235. The second-order valence-electron chi connectivity index (χ2n) is 6.98. The number of benzene rings is 3. The summed E-state index contributed by atoms with van der Waals surface area (Å²) in [7, 11) is -3.67. The molecule has 3 aromatic rings. The van der Waals surface area contributed by atoms with E-state index in [0.717, 1.165) is 5.56 Å². The third kappa shape index (κ3) is 3.73. The van der Waals surface area contributed by atoms with E-state index in [9.17, 15) is 13.2 Å². The molecule has 0 aliphatic carbocycles. The molecule has 0 saturated carbocycles. The van der Waals surface area contributed by atoms with Gasteiger partial charge in [-0.2, -0.15) is 0 Å². The zero-order chi connectivity index (χ0) is 20.6. The van der Waals surface area contributed by atoms with Crippen molar-refractivity contribution in [3.8, 4) is 0 Å². The van der Waals surface area contributed by atoms with Crippen molar-refractivity contribution in [2.45, 2.75) is 24.3 Å². The number of anilines is 2. The largest absolute Gasteiger partial charge is 0.322 e. The highest BCUT2D eigenvalue weighted by molar-refractivity contribution is 7.92. The van der Waals surface area contributed by atoms with Gasteiger partial charge in [0, 0.05) is 22.3 Å². The first kappa shape index (κ1) is 19.5. The van der Waals surface area contributed by atoms with Gasteiger partial charge in [-0.1, -0.05) is 35.9 Å². The quantitative estimate of drug-likeness (QED) is 0.655. The molecule has 0 spiro atoms. The average Bonchev–Trinajstić information content (AvgIpc) is 3.04. The summed E-state index contributed by atoms with van der Waals surface area (Å²) in [6.45, 7) is 1.87. The number of sulfonamides is 1. The van der Waals surface area contributed by atoms with Crippen molar-refractivity contribution in [2.75, 3.05) is 9.62 Å². The first-order valence-corrected chi connectivity index (χ1v) is 11.0. The fraction of sp³-hybridized carbons (Fsp3) is 0.136. The highest BCUT2D eigenvalue weighted by Crippen LogP contribution is 2.37. The first-order valence-electron chi connectivity index (χ1n) is 9.15. The number of rotatable bonds is 4. The van der Waals surface area contributed by atoms with Gasteiger partial charge in [-0.15, -0.1) is 0 Å². The molecule has 1 aliphatic heterocycles. The minimum Gasteiger partial charge on any atom is -0.322 e. The Morgan fingerprint density at radius 3 is 2.52 bits per heavy atom. The van der Waals surface area contributed by atoms with Crippen LogP contribution in [0, 0.1) is 0 Å². The van der Waals surface area contributed by atoms with Crippen molar-refractivity contribution in [1.82, 2.24) is 0 Å². The van der Waals surface area contributed by atoms with Crippen molar-refractivity contribution in [2.24, 2.45) is 0 Å². The Morgan fingerprint density at radius 2 is 1.79 bits per heavy atom. The Labute approximate surface area is 175 Å². The van der Waals surface area contributed by atoms with E-state index >= 15 is 0 Å². The maximum Gasteiger partial charge on any atom is 0.264 e. The number of nitrogens with zero attached hydrogens (tertiary/aromatic N) is 1. The Balaban J connectivity index is 1.63. The van der Waals surface area contributed by atoms with Crippen LogP contribution in [0.2, 0.25) is 5.02 Å². The predicted octanol–water partition coefficient (Wildman–Crippen LogP) is 4.73. The van der Waals surface area contributed by atoms with Gasteiger partial charge in [0.05, 0.1) is 10.6 Å². The van der Waals surface area contributed by atoms with E-state index in [2.05, 4.69) is 5.32 Å². The van der Waals surface area contributed by atoms with Crippen molar-refractivity contribution in [1.29, 1.82) is 0 Å². The molecule has 4 rings (SSSR count). The molecule has 148 valence electrons. The van der Waals surface area contributed by atoms with Crippen LogP contribution in [0.3, 0.4) is 0 Å². The van der Waals surface area contributed by atoms with E-state index < -0.39 is 10.0 Å². The van der Waals surface area contributed by atoms with Crippen LogP contribution in [-0.2, 0) is 16.4 Å². The Hall–Kier alpha value is -2.83. The van der Waals surface area contributed by atoms with E-state index in [1.807, 2.05) is 6.92 Å². The van der Waals surface area contributed by atoms with Crippen LogP contribution in [0.15, 0.2) is 77.7 Å². The molecule has 7 heteroatoms. The smallest absolute Gasteiger partial charge is 0.264 e. The first-order chi connectivity index (χ1) is 13.9. The van der Waals surface area contributed by atoms with Gasteiger partial charge in [-0.3, -0.25) is 9.10 Å². The number of fused-ring (bicyclic) bond motifs is 1. The number of carbonyl (C=O) groups is 1. The summed E-state index contributed by atoms with van der Waals surface area (Å²) in [6, 6.07) is 20.2.